The quantitative estimate of drug-likeness (QED) is 0.881. The number of para-hydroxylation sites is 1. The van der Waals surface area contributed by atoms with E-state index in [9.17, 15) is 5.11 Å². The average molecular weight is 367 g/mol. The van der Waals surface area contributed by atoms with Crippen LogP contribution in [-0.2, 0) is 0 Å². The molecule has 5 rings (SSSR count). The van der Waals surface area contributed by atoms with Crippen LogP contribution in [0.2, 0.25) is 0 Å². The number of nitrogens with zero attached hydrogens (tertiary/aromatic N) is 4. The van der Waals surface area contributed by atoms with Gasteiger partial charge >= 0.3 is 0 Å². The lowest BCUT2D eigenvalue weighted by molar-refractivity contribution is -0.0249. The van der Waals surface area contributed by atoms with Crippen molar-refractivity contribution in [3.8, 4) is 0 Å². The number of piperazine rings is 1. The zero-order valence-corrected chi connectivity index (χ0v) is 16.2. The molecule has 1 aromatic carbocycles. The van der Waals surface area contributed by atoms with Crippen LogP contribution in [0.25, 0.3) is 10.9 Å². The maximum atomic E-state index is 10.9. The minimum absolute atomic E-state index is 0.177. The van der Waals surface area contributed by atoms with Gasteiger partial charge in [-0.25, -0.2) is 0 Å². The zero-order chi connectivity index (χ0) is 18.4. The van der Waals surface area contributed by atoms with E-state index < -0.39 is 0 Å². The molecule has 2 aliphatic heterocycles. The lowest BCUT2D eigenvalue weighted by Gasteiger charge is -2.44. The summed E-state index contributed by atoms with van der Waals surface area (Å²) in [5.74, 6) is 1.29. The molecule has 3 fully saturated rings. The summed E-state index contributed by atoms with van der Waals surface area (Å²) in [4.78, 5) is 12.0. The van der Waals surface area contributed by atoms with E-state index in [0.717, 1.165) is 57.6 Å². The van der Waals surface area contributed by atoms with Gasteiger partial charge < -0.3 is 14.9 Å². The molecule has 2 aromatic rings. The molecular weight excluding hydrogens is 336 g/mol. The van der Waals surface area contributed by atoms with E-state index >= 15 is 0 Å². The summed E-state index contributed by atoms with van der Waals surface area (Å²) in [7, 11) is 2.19. The van der Waals surface area contributed by atoms with Crippen LogP contribution >= 0.6 is 0 Å². The number of hydrogen-bond donors (Lipinski definition) is 1. The highest BCUT2D eigenvalue weighted by Crippen LogP contribution is 2.41. The fourth-order valence-electron chi connectivity index (χ4n) is 5.51. The van der Waals surface area contributed by atoms with Crippen molar-refractivity contribution in [2.75, 3.05) is 51.2 Å². The van der Waals surface area contributed by atoms with Gasteiger partial charge in [-0.2, -0.15) is 0 Å². The fraction of sp³-hybridized carbons (Fsp3) is 0.591. The molecule has 3 heterocycles. The topological polar surface area (TPSA) is 42.8 Å². The third kappa shape index (κ3) is 3.22. The van der Waals surface area contributed by atoms with Crippen LogP contribution in [0.3, 0.4) is 0 Å². The summed E-state index contributed by atoms with van der Waals surface area (Å²) in [6, 6.07) is 10.9. The van der Waals surface area contributed by atoms with Gasteiger partial charge in [0.1, 0.15) is 0 Å². The second kappa shape index (κ2) is 7.04. The summed E-state index contributed by atoms with van der Waals surface area (Å²) in [6.45, 7) is 6.59. The Labute approximate surface area is 161 Å². The highest BCUT2D eigenvalue weighted by Gasteiger charge is 2.44. The molecule has 1 saturated carbocycles. The molecule has 0 radical (unpaired) electrons. The Kier molecular flexibility index (Phi) is 4.54. The molecule has 1 aromatic heterocycles. The van der Waals surface area contributed by atoms with E-state index in [-0.39, 0.29) is 6.10 Å². The van der Waals surface area contributed by atoms with Crippen molar-refractivity contribution < 1.29 is 5.11 Å². The van der Waals surface area contributed by atoms with Gasteiger partial charge in [0.05, 0.1) is 11.6 Å². The molecule has 4 atom stereocenters. The Hall–Kier alpha value is -1.69. The van der Waals surface area contributed by atoms with Crippen molar-refractivity contribution in [1.29, 1.82) is 0 Å². The van der Waals surface area contributed by atoms with Crippen LogP contribution in [0.15, 0.2) is 36.5 Å². The number of fused-ring (bicyclic) bond motifs is 2. The predicted octanol–water partition coefficient (Wildman–Crippen LogP) is 2.06. The minimum Gasteiger partial charge on any atom is -0.391 e. The molecule has 5 nitrogen and oxygen atoms in total. The van der Waals surface area contributed by atoms with E-state index in [1.807, 2.05) is 6.20 Å². The Morgan fingerprint density at radius 1 is 0.963 bits per heavy atom. The summed E-state index contributed by atoms with van der Waals surface area (Å²) >= 11 is 0. The highest BCUT2D eigenvalue weighted by atomic mass is 16.3. The number of likely N-dealkylation sites (N-methyl/N-ethyl adjacent to an activating group) is 1. The number of anilines is 1. The van der Waals surface area contributed by atoms with Gasteiger partial charge in [-0.3, -0.25) is 9.88 Å². The third-order valence-corrected chi connectivity index (χ3v) is 7.08. The minimum atomic E-state index is -0.177. The lowest BCUT2D eigenvalue weighted by atomic mass is 9.77. The van der Waals surface area contributed by atoms with E-state index in [1.165, 1.54) is 11.1 Å². The van der Waals surface area contributed by atoms with Gasteiger partial charge in [0.15, 0.2) is 0 Å². The van der Waals surface area contributed by atoms with Crippen molar-refractivity contribution in [2.24, 2.45) is 11.8 Å². The van der Waals surface area contributed by atoms with Crippen molar-refractivity contribution in [3.63, 3.8) is 0 Å². The van der Waals surface area contributed by atoms with Crippen LogP contribution < -0.4 is 4.90 Å². The summed E-state index contributed by atoms with van der Waals surface area (Å²) in [5, 5.41) is 12.1. The summed E-state index contributed by atoms with van der Waals surface area (Å²) < 4.78 is 0. The molecular formula is C22H30N4O. The monoisotopic (exact) mass is 366 g/mol. The van der Waals surface area contributed by atoms with Gasteiger partial charge in [0.2, 0.25) is 0 Å². The average Bonchev–Trinajstić information content (AvgIpc) is 3.10. The standard InChI is InChI=1S/C22H30N4O/c1-24-8-10-25(11-9-24)21-12-16-14-26(15-17(16)13-22(21)27)20-6-7-23-19-5-3-2-4-18(19)20/h2-7,16-17,21-22,27H,8-15H2,1H3/t16-,17+,21-,22-/m1/s1. The van der Waals surface area contributed by atoms with E-state index in [2.05, 4.69) is 57.1 Å². The third-order valence-electron chi connectivity index (χ3n) is 7.08. The maximum Gasteiger partial charge on any atom is 0.0722 e. The molecule has 0 unspecified atom stereocenters. The van der Waals surface area contributed by atoms with Gasteiger partial charge in [-0.15, -0.1) is 0 Å². The second-order valence-electron chi connectivity index (χ2n) is 8.72. The number of benzene rings is 1. The second-order valence-corrected chi connectivity index (χ2v) is 8.72. The first-order valence-corrected chi connectivity index (χ1v) is 10.4. The summed E-state index contributed by atoms with van der Waals surface area (Å²) in [5.41, 5.74) is 2.38. The highest BCUT2D eigenvalue weighted by molar-refractivity contribution is 5.91. The fourth-order valence-corrected chi connectivity index (χ4v) is 5.51. The number of aromatic nitrogens is 1. The van der Waals surface area contributed by atoms with Gasteiger partial charge in [0, 0.05) is 62.6 Å². The predicted molar refractivity (Wildman–Crippen MR) is 109 cm³/mol. The van der Waals surface area contributed by atoms with Crippen molar-refractivity contribution in [3.05, 3.63) is 36.5 Å². The molecule has 1 aliphatic carbocycles. The van der Waals surface area contributed by atoms with Crippen LogP contribution in [0.5, 0.6) is 0 Å². The molecule has 0 spiro atoms. The largest absolute Gasteiger partial charge is 0.391 e. The molecule has 2 saturated heterocycles. The molecule has 27 heavy (non-hydrogen) atoms. The number of aliphatic hydroxyl groups is 1. The van der Waals surface area contributed by atoms with Gasteiger partial charge in [0.25, 0.3) is 0 Å². The number of pyridine rings is 1. The SMILES string of the molecule is CN1CCN([C@@H]2C[C@@H]3CN(c4ccnc5ccccc45)C[C@@H]3C[C@H]2O)CC1. The van der Waals surface area contributed by atoms with E-state index in [0.29, 0.717) is 17.9 Å². The Morgan fingerprint density at radius 3 is 2.52 bits per heavy atom. The van der Waals surface area contributed by atoms with Crippen LogP contribution in [0.1, 0.15) is 12.8 Å². The van der Waals surface area contributed by atoms with Crippen molar-refractivity contribution >= 4 is 16.6 Å². The van der Waals surface area contributed by atoms with E-state index in [4.69, 9.17) is 0 Å². The number of aliphatic hydroxyl groups excluding tert-OH is 1. The zero-order valence-electron chi connectivity index (χ0n) is 16.2. The molecule has 3 aliphatic rings. The molecule has 0 amide bonds. The number of rotatable bonds is 2. The first kappa shape index (κ1) is 17.4. The Balaban J connectivity index is 1.34. The smallest absolute Gasteiger partial charge is 0.0722 e. The number of hydrogen-bond acceptors (Lipinski definition) is 5. The first-order chi connectivity index (χ1) is 13.2. The molecule has 0 bridgehead atoms. The summed E-state index contributed by atoms with van der Waals surface area (Å²) in [6.07, 6.45) is 3.83. The Bertz CT molecular complexity index is 799. The van der Waals surface area contributed by atoms with Crippen molar-refractivity contribution in [1.82, 2.24) is 14.8 Å². The van der Waals surface area contributed by atoms with Gasteiger partial charge in [-0.05, 0) is 43.9 Å². The normalized spacial score (nSPS) is 32.7. The van der Waals surface area contributed by atoms with Gasteiger partial charge in [-0.1, -0.05) is 18.2 Å². The maximum absolute atomic E-state index is 10.9. The van der Waals surface area contributed by atoms with E-state index in [1.54, 1.807) is 0 Å². The Morgan fingerprint density at radius 2 is 1.70 bits per heavy atom. The lowest BCUT2D eigenvalue weighted by Crippen LogP contribution is -2.55. The van der Waals surface area contributed by atoms with Crippen LogP contribution in [0.4, 0.5) is 5.69 Å². The van der Waals surface area contributed by atoms with Crippen LogP contribution in [-0.4, -0.2) is 78.4 Å². The first-order valence-electron chi connectivity index (χ1n) is 10.4. The van der Waals surface area contributed by atoms with Crippen LogP contribution in [0, 0.1) is 11.8 Å². The van der Waals surface area contributed by atoms with Crippen molar-refractivity contribution in [2.45, 2.75) is 25.0 Å². The molecule has 5 heteroatoms. The molecule has 1 N–H and O–H groups in total. The molecule has 144 valence electrons.